The molecule has 26 heavy (non-hydrogen) atoms. The third-order valence-corrected chi connectivity index (χ3v) is 5.81. The molecule has 0 saturated heterocycles. The number of amides is 1. The van der Waals surface area contributed by atoms with E-state index in [1.54, 1.807) is 17.5 Å². The predicted octanol–water partition coefficient (Wildman–Crippen LogP) is 2.59. The van der Waals surface area contributed by atoms with Gasteiger partial charge in [0.1, 0.15) is 11.6 Å². The molecule has 4 heterocycles. The Morgan fingerprint density at radius 2 is 2.19 bits per heavy atom. The van der Waals surface area contributed by atoms with Crippen LogP contribution in [-0.4, -0.2) is 43.6 Å². The summed E-state index contributed by atoms with van der Waals surface area (Å²) >= 11 is 1.66. The Morgan fingerprint density at radius 3 is 2.96 bits per heavy atom. The van der Waals surface area contributed by atoms with E-state index in [1.807, 2.05) is 34.7 Å². The van der Waals surface area contributed by atoms with E-state index >= 15 is 0 Å². The van der Waals surface area contributed by atoms with Gasteiger partial charge in [-0.3, -0.25) is 9.78 Å². The fraction of sp³-hybridized carbons (Fsp3) is 0.368. The molecule has 0 aliphatic carbocycles. The summed E-state index contributed by atoms with van der Waals surface area (Å²) in [4.78, 5) is 20.2. The second kappa shape index (κ2) is 7.37. The number of fused-ring (bicyclic) bond motifs is 1. The molecule has 7 heteroatoms. The number of nitrogens with zero attached hydrogens (tertiary/aromatic N) is 5. The average molecular weight is 367 g/mol. The molecule has 0 radical (unpaired) electrons. The van der Waals surface area contributed by atoms with Crippen LogP contribution in [-0.2, 0) is 25.8 Å². The van der Waals surface area contributed by atoms with E-state index in [4.69, 9.17) is 0 Å². The van der Waals surface area contributed by atoms with Crippen molar-refractivity contribution in [2.24, 2.45) is 0 Å². The van der Waals surface area contributed by atoms with Crippen molar-refractivity contribution in [3.05, 3.63) is 63.6 Å². The van der Waals surface area contributed by atoms with Crippen LogP contribution in [0.1, 0.15) is 39.4 Å². The third-order valence-electron chi connectivity index (χ3n) is 4.72. The van der Waals surface area contributed by atoms with Gasteiger partial charge in [0.25, 0.3) is 5.91 Å². The van der Waals surface area contributed by atoms with E-state index < -0.39 is 0 Å². The smallest absolute Gasteiger partial charge is 0.254 e. The number of carbonyl (C=O) groups excluding carboxylic acids is 1. The van der Waals surface area contributed by atoms with Gasteiger partial charge in [0, 0.05) is 55.1 Å². The van der Waals surface area contributed by atoms with E-state index in [2.05, 4.69) is 26.7 Å². The highest BCUT2D eigenvalue weighted by Gasteiger charge is 2.23. The minimum Gasteiger partial charge on any atom is -0.336 e. The maximum absolute atomic E-state index is 12.8. The molecule has 0 aromatic carbocycles. The van der Waals surface area contributed by atoms with Gasteiger partial charge in [0.05, 0.1) is 5.56 Å². The van der Waals surface area contributed by atoms with Crippen LogP contribution in [0.5, 0.6) is 0 Å². The summed E-state index contributed by atoms with van der Waals surface area (Å²) in [5.41, 5.74) is 1.92. The lowest BCUT2D eigenvalue weighted by Gasteiger charge is -2.19. The highest BCUT2D eigenvalue weighted by molar-refractivity contribution is 7.10. The molecule has 0 N–H and O–H groups in total. The summed E-state index contributed by atoms with van der Waals surface area (Å²) in [7, 11) is 0. The predicted molar refractivity (Wildman–Crippen MR) is 100 cm³/mol. The molecule has 3 aromatic rings. The van der Waals surface area contributed by atoms with Crippen LogP contribution in [0.25, 0.3) is 0 Å². The maximum atomic E-state index is 12.8. The summed E-state index contributed by atoms with van der Waals surface area (Å²) < 4.78 is 2.16. The number of thiophene rings is 1. The summed E-state index contributed by atoms with van der Waals surface area (Å²) in [6.07, 6.45) is 6.04. The van der Waals surface area contributed by atoms with Crippen molar-refractivity contribution in [1.82, 2.24) is 24.6 Å². The standard InChI is InChI=1S/C19H21N5OS/c1-2-16-11-15(13-26-16)19(25)23-7-5-17-21-22-18(24(17)9-8-23)10-14-4-3-6-20-12-14/h3-4,6,11-13H,2,5,7-10H2,1H3. The van der Waals surface area contributed by atoms with Gasteiger partial charge >= 0.3 is 0 Å². The van der Waals surface area contributed by atoms with Gasteiger partial charge in [-0.25, -0.2) is 0 Å². The zero-order chi connectivity index (χ0) is 17.9. The van der Waals surface area contributed by atoms with Gasteiger partial charge in [-0.15, -0.1) is 21.5 Å². The first-order chi connectivity index (χ1) is 12.7. The number of rotatable bonds is 4. The summed E-state index contributed by atoms with van der Waals surface area (Å²) in [5, 5.41) is 10.7. The number of hydrogen-bond acceptors (Lipinski definition) is 5. The fourth-order valence-corrected chi connectivity index (χ4v) is 4.07. The summed E-state index contributed by atoms with van der Waals surface area (Å²) in [5.74, 6) is 2.01. The lowest BCUT2D eigenvalue weighted by molar-refractivity contribution is 0.0759. The highest BCUT2D eigenvalue weighted by atomic mass is 32.1. The Hall–Kier alpha value is -2.54. The van der Waals surface area contributed by atoms with E-state index in [9.17, 15) is 4.79 Å². The van der Waals surface area contributed by atoms with Crippen LogP contribution in [0, 0.1) is 0 Å². The molecule has 1 aliphatic heterocycles. The molecule has 0 fully saturated rings. The highest BCUT2D eigenvalue weighted by Crippen LogP contribution is 2.19. The quantitative estimate of drug-likeness (QED) is 0.711. The molecule has 0 bridgehead atoms. The number of hydrogen-bond donors (Lipinski definition) is 0. The number of carbonyl (C=O) groups is 1. The van der Waals surface area contributed by atoms with Crippen LogP contribution < -0.4 is 0 Å². The lowest BCUT2D eigenvalue weighted by atomic mass is 10.2. The first kappa shape index (κ1) is 16.9. The van der Waals surface area contributed by atoms with Gasteiger partial charge in [0.15, 0.2) is 0 Å². The molecule has 134 valence electrons. The Bertz CT molecular complexity index is 902. The van der Waals surface area contributed by atoms with Crippen LogP contribution in [0.3, 0.4) is 0 Å². The molecular weight excluding hydrogens is 346 g/mol. The van der Waals surface area contributed by atoms with Crippen LogP contribution in [0.2, 0.25) is 0 Å². The normalized spacial score (nSPS) is 14.1. The first-order valence-electron chi connectivity index (χ1n) is 8.91. The maximum Gasteiger partial charge on any atom is 0.254 e. The molecule has 4 rings (SSSR count). The Labute approximate surface area is 156 Å². The molecule has 0 saturated carbocycles. The second-order valence-electron chi connectivity index (χ2n) is 6.42. The summed E-state index contributed by atoms with van der Waals surface area (Å²) in [6.45, 7) is 4.21. The van der Waals surface area contributed by atoms with E-state index in [0.717, 1.165) is 42.2 Å². The number of pyridine rings is 1. The molecule has 0 atom stereocenters. The molecule has 6 nitrogen and oxygen atoms in total. The van der Waals surface area contributed by atoms with Gasteiger partial charge < -0.3 is 9.47 Å². The van der Waals surface area contributed by atoms with Gasteiger partial charge in [-0.2, -0.15) is 0 Å². The van der Waals surface area contributed by atoms with Crippen molar-refractivity contribution in [3.8, 4) is 0 Å². The first-order valence-corrected chi connectivity index (χ1v) is 9.79. The third kappa shape index (κ3) is 3.39. The zero-order valence-corrected chi connectivity index (χ0v) is 15.6. The van der Waals surface area contributed by atoms with E-state index in [0.29, 0.717) is 19.5 Å². The van der Waals surface area contributed by atoms with E-state index in [1.165, 1.54) is 4.88 Å². The minimum atomic E-state index is 0.119. The summed E-state index contributed by atoms with van der Waals surface area (Å²) in [6, 6.07) is 6.00. The number of aromatic nitrogens is 4. The van der Waals surface area contributed by atoms with Gasteiger partial charge in [0.2, 0.25) is 0 Å². The Balaban J connectivity index is 1.48. The topological polar surface area (TPSA) is 63.9 Å². The largest absolute Gasteiger partial charge is 0.336 e. The molecule has 3 aromatic heterocycles. The SMILES string of the molecule is CCc1cc(C(=O)N2CCc3nnc(Cc4cccnc4)n3CC2)cs1. The van der Waals surface area contributed by atoms with Crippen molar-refractivity contribution in [2.45, 2.75) is 32.7 Å². The Kier molecular flexibility index (Phi) is 4.79. The fourth-order valence-electron chi connectivity index (χ4n) is 3.26. The van der Waals surface area contributed by atoms with Crippen molar-refractivity contribution in [1.29, 1.82) is 0 Å². The van der Waals surface area contributed by atoms with Gasteiger partial charge in [-0.05, 0) is 24.1 Å². The molecule has 0 spiro atoms. The molecule has 0 unspecified atom stereocenters. The second-order valence-corrected chi connectivity index (χ2v) is 7.42. The molecular formula is C19H21N5OS. The monoisotopic (exact) mass is 367 g/mol. The van der Waals surface area contributed by atoms with Crippen molar-refractivity contribution in [3.63, 3.8) is 0 Å². The van der Waals surface area contributed by atoms with Crippen molar-refractivity contribution in [2.75, 3.05) is 13.1 Å². The number of aryl methyl sites for hydroxylation is 1. The van der Waals surface area contributed by atoms with Crippen molar-refractivity contribution < 1.29 is 4.79 Å². The van der Waals surface area contributed by atoms with Gasteiger partial charge in [-0.1, -0.05) is 13.0 Å². The minimum absolute atomic E-state index is 0.119. The van der Waals surface area contributed by atoms with E-state index in [-0.39, 0.29) is 5.91 Å². The van der Waals surface area contributed by atoms with Crippen LogP contribution >= 0.6 is 11.3 Å². The van der Waals surface area contributed by atoms with Crippen molar-refractivity contribution >= 4 is 17.2 Å². The zero-order valence-electron chi connectivity index (χ0n) is 14.8. The molecule has 1 amide bonds. The lowest BCUT2D eigenvalue weighted by Crippen LogP contribution is -2.33. The van der Waals surface area contributed by atoms with Crippen LogP contribution in [0.4, 0.5) is 0 Å². The Morgan fingerprint density at radius 1 is 1.27 bits per heavy atom. The van der Waals surface area contributed by atoms with Crippen LogP contribution in [0.15, 0.2) is 36.0 Å². The average Bonchev–Trinajstić information content (AvgIpc) is 3.24. The molecule has 1 aliphatic rings.